The maximum absolute atomic E-state index is 12.1. The highest BCUT2D eigenvalue weighted by molar-refractivity contribution is 5.80. The molecule has 0 bridgehead atoms. The highest BCUT2D eigenvalue weighted by Crippen LogP contribution is 2.45. The van der Waals surface area contributed by atoms with Crippen molar-refractivity contribution < 1.29 is 24.6 Å². The van der Waals surface area contributed by atoms with Crippen LogP contribution in [0.15, 0.2) is 0 Å². The van der Waals surface area contributed by atoms with Crippen molar-refractivity contribution in [2.24, 2.45) is 5.41 Å². The first-order valence-corrected chi connectivity index (χ1v) is 8.53. The molecular formula is C17H28N2O5. The molecule has 0 aliphatic carbocycles. The number of carbonyl (C=O) groups is 3. The van der Waals surface area contributed by atoms with Gasteiger partial charge in [0.2, 0.25) is 11.8 Å². The second-order valence-corrected chi connectivity index (χ2v) is 7.75. The highest BCUT2D eigenvalue weighted by Gasteiger charge is 2.50. The number of amides is 2. The number of carboxylic acid groups (broad SMARTS) is 1. The van der Waals surface area contributed by atoms with Crippen LogP contribution < -0.4 is 0 Å². The number of aliphatic hydroxyl groups excluding tert-OH is 1. The van der Waals surface area contributed by atoms with E-state index < -0.39 is 17.6 Å². The third-order valence-electron chi connectivity index (χ3n) is 5.74. The zero-order chi connectivity index (χ0) is 18.1. The van der Waals surface area contributed by atoms with Gasteiger partial charge in [0, 0.05) is 33.0 Å². The van der Waals surface area contributed by atoms with Gasteiger partial charge in [-0.15, -0.1) is 0 Å². The van der Waals surface area contributed by atoms with E-state index in [-0.39, 0.29) is 30.1 Å². The minimum atomic E-state index is -0.966. The highest BCUT2D eigenvalue weighted by atomic mass is 16.4. The summed E-state index contributed by atoms with van der Waals surface area (Å²) >= 11 is 0. The molecule has 2 rings (SSSR count). The fourth-order valence-electron chi connectivity index (χ4n) is 3.93. The molecule has 2 aliphatic rings. The van der Waals surface area contributed by atoms with Gasteiger partial charge in [-0.3, -0.25) is 14.4 Å². The Labute approximate surface area is 142 Å². The van der Waals surface area contributed by atoms with E-state index in [1.165, 1.54) is 6.92 Å². The summed E-state index contributed by atoms with van der Waals surface area (Å²) in [4.78, 5) is 38.1. The van der Waals surface area contributed by atoms with E-state index in [1.54, 1.807) is 9.80 Å². The molecule has 0 aromatic carbocycles. The van der Waals surface area contributed by atoms with Crippen molar-refractivity contribution in [3.63, 3.8) is 0 Å². The van der Waals surface area contributed by atoms with Crippen molar-refractivity contribution in [3.05, 3.63) is 0 Å². The van der Waals surface area contributed by atoms with Gasteiger partial charge in [-0.25, -0.2) is 0 Å². The van der Waals surface area contributed by atoms with Crippen LogP contribution in [0, 0.1) is 5.41 Å². The number of nitrogens with zero attached hydrogens (tertiary/aromatic N) is 2. The number of carbonyl (C=O) groups excluding carboxylic acids is 2. The second-order valence-electron chi connectivity index (χ2n) is 7.75. The van der Waals surface area contributed by atoms with Crippen LogP contribution >= 0.6 is 0 Å². The Bertz CT molecular complexity index is 523. The lowest BCUT2D eigenvalue weighted by molar-refractivity contribution is -0.159. The fraction of sp³-hybridized carbons (Fsp3) is 0.824. The predicted molar refractivity (Wildman–Crippen MR) is 87.2 cm³/mol. The SMILES string of the molecule is CC(=O)N1CC2(CCN(C(=O)CCC(=O)O)CC2)CC(O)C1(C)C. The Kier molecular flexibility index (Phi) is 5.22. The van der Waals surface area contributed by atoms with E-state index >= 15 is 0 Å². The number of hydrogen-bond donors (Lipinski definition) is 2. The van der Waals surface area contributed by atoms with Gasteiger partial charge in [0.05, 0.1) is 18.1 Å². The summed E-state index contributed by atoms with van der Waals surface area (Å²) in [6.07, 6.45) is 1.36. The van der Waals surface area contributed by atoms with Crippen LogP contribution in [-0.2, 0) is 14.4 Å². The molecule has 1 unspecified atom stereocenters. The number of carboxylic acids is 1. The summed E-state index contributed by atoms with van der Waals surface area (Å²) < 4.78 is 0. The molecule has 0 saturated carbocycles. The molecule has 7 nitrogen and oxygen atoms in total. The summed E-state index contributed by atoms with van der Waals surface area (Å²) in [5.74, 6) is -1.14. The lowest BCUT2D eigenvalue weighted by Crippen LogP contribution is -2.64. The number of rotatable bonds is 3. The summed E-state index contributed by atoms with van der Waals surface area (Å²) in [6, 6.07) is 0. The molecule has 24 heavy (non-hydrogen) atoms. The van der Waals surface area contributed by atoms with Crippen LogP contribution in [0.25, 0.3) is 0 Å². The molecule has 2 amide bonds. The van der Waals surface area contributed by atoms with Crippen LogP contribution in [0.2, 0.25) is 0 Å². The first kappa shape index (κ1) is 18.7. The number of aliphatic hydroxyl groups is 1. The summed E-state index contributed by atoms with van der Waals surface area (Å²) in [5.41, 5.74) is -0.740. The molecule has 136 valence electrons. The topological polar surface area (TPSA) is 98.2 Å². The molecule has 0 aromatic rings. The predicted octanol–water partition coefficient (Wildman–Crippen LogP) is 0.852. The van der Waals surface area contributed by atoms with Gasteiger partial charge < -0.3 is 20.0 Å². The molecule has 0 radical (unpaired) electrons. The van der Waals surface area contributed by atoms with Crippen molar-refractivity contribution in [1.82, 2.24) is 9.80 Å². The molecule has 2 N–H and O–H groups in total. The molecule has 1 atom stereocenters. The van der Waals surface area contributed by atoms with E-state index in [1.807, 2.05) is 13.8 Å². The van der Waals surface area contributed by atoms with Crippen molar-refractivity contribution in [2.75, 3.05) is 19.6 Å². The van der Waals surface area contributed by atoms with Gasteiger partial charge in [-0.1, -0.05) is 0 Å². The largest absolute Gasteiger partial charge is 0.481 e. The van der Waals surface area contributed by atoms with Gasteiger partial charge >= 0.3 is 5.97 Å². The first-order chi connectivity index (χ1) is 11.1. The van der Waals surface area contributed by atoms with Crippen molar-refractivity contribution in [3.8, 4) is 0 Å². The zero-order valence-corrected chi connectivity index (χ0v) is 14.7. The molecular weight excluding hydrogens is 312 g/mol. The minimum Gasteiger partial charge on any atom is -0.481 e. The zero-order valence-electron chi connectivity index (χ0n) is 14.7. The van der Waals surface area contributed by atoms with E-state index in [4.69, 9.17) is 5.11 Å². The minimum absolute atomic E-state index is 0.0254. The molecule has 2 aliphatic heterocycles. The lowest BCUT2D eigenvalue weighted by atomic mass is 9.67. The monoisotopic (exact) mass is 340 g/mol. The number of hydrogen-bond acceptors (Lipinski definition) is 4. The molecule has 2 heterocycles. The number of piperidine rings is 2. The molecule has 1 spiro atoms. The quantitative estimate of drug-likeness (QED) is 0.794. The third-order valence-corrected chi connectivity index (χ3v) is 5.74. The van der Waals surface area contributed by atoms with E-state index in [9.17, 15) is 19.5 Å². The molecule has 2 fully saturated rings. The Morgan fingerprint density at radius 2 is 1.71 bits per heavy atom. The van der Waals surface area contributed by atoms with E-state index in [0.29, 0.717) is 26.1 Å². The summed E-state index contributed by atoms with van der Waals surface area (Å²) in [5, 5.41) is 19.2. The number of aliphatic carboxylic acids is 1. The standard InChI is InChI=1S/C17H28N2O5/c1-12(20)19-11-17(10-13(21)16(19,2)3)6-8-18(9-7-17)14(22)4-5-15(23)24/h13,21H,4-11H2,1-3H3,(H,23,24). The maximum Gasteiger partial charge on any atom is 0.303 e. The van der Waals surface area contributed by atoms with Gasteiger partial charge in [0.15, 0.2) is 0 Å². The molecule has 0 aromatic heterocycles. The average Bonchev–Trinajstić information content (AvgIpc) is 2.49. The molecule has 2 saturated heterocycles. The summed E-state index contributed by atoms with van der Waals surface area (Å²) in [6.45, 7) is 7.00. The van der Waals surface area contributed by atoms with Crippen LogP contribution in [0.3, 0.4) is 0 Å². The van der Waals surface area contributed by atoms with Gasteiger partial charge in [-0.05, 0) is 38.5 Å². The van der Waals surface area contributed by atoms with Crippen LogP contribution in [0.5, 0.6) is 0 Å². The fourth-order valence-corrected chi connectivity index (χ4v) is 3.93. The smallest absolute Gasteiger partial charge is 0.303 e. The Morgan fingerprint density at radius 3 is 2.21 bits per heavy atom. The van der Waals surface area contributed by atoms with Gasteiger partial charge in [0.1, 0.15) is 0 Å². The van der Waals surface area contributed by atoms with Crippen LogP contribution in [-0.4, -0.2) is 69.1 Å². The normalized spacial score (nSPS) is 25.6. The van der Waals surface area contributed by atoms with Crippen LogP contribution in [0.1, 0.15) is 52.9 Å². The Hall–Kier alpha value is -1.63. The number of likely N-dealkylation sites (tertiary alicyclic amines) is 2. The molecule has 7 heteroatoms. The van der Waals surface area contributed by atoms with Crippen molar-refractivity contribution >= 4 is 17.8 Å². The van der Waals surface area contributed by atoms with Gasteiger partial charge in [-0.2, -0.15) is 0 Å². The Morgan fingerprint density at radius 1 is 1.12 bits per heavy atom. The van der Waals surface area contributed by atoms with E-state index in [0.717, 1.165) is 12.8 Å². The van der Waals surface area contributed by atoms with Crippen LogP contribution in [0.4, 0.5) is 0 Å². The first-order valence-electron chi connectivity index (χ1n) is 8.53. The maximum atomic E-state index is 12.1. The van der Waals surface area contributed by atoms with Crippen molar-refractivity contribution in [1.29, 1.82) is 0 Å². The Balaban J connectivity index is 2.01. The van der Waals surface area contributed by atoms with Gasteiger partial charge in [0.25, 0.3) is 0 Å². The average molecular weight is 340 g/mol. The summed E-state index contributed by atoms with van der Waals surface area (Å²) in [7, 11) is 0. The lowest BCUT2D eigenvalue weighted by Gasteiger charge is -2.55. The van der Waals surface area contributed by atoms with Crippen molar-refractivity contribution in [2.45, 2.75) is 64.5 Å². The third kappa shape index (κ3) is 3.71. The second kappa shape index (κ2) is 6.70. The van der Waals surface area contributed by atoms with E-state index in [2.05, 4.69) is 0 Å².